The van der Waals surface area contributed by atoms with Crippen molar-refractivity contribution >= 4 is 21.6 Å². The first-order chi connectivity index (χ1) is 8.69. The van der Waals surface area contributed by atoms with E-state index in [9.17, 15) is 0 Å². The van der Waals surface area contributed by atoms with E-state index in [2.05, 4.69) is 58.3 Å². The highest BCUT2D eigenvalue weighted by Crippen LogP contribution is 2.23. The SMILES string of the molecule is CCNCc1ccc(N(C)CCOCC)cc1Br. The van der Waals surface area contributed by atoms with Crippen molar-refractivity contribution in [1.82, 2.24) is 5.32 Å². The lowest BCUT2D eigenvalue weighted by atomic mass is 10.2. The number of likely N-dealkylation sites (N-methyl/N-ethyl adjacent to an activating group) is 1. The molecule has 0 amide bonds. The average Bonchev–Trinajstić information content (AvgIpc) is 2.37. The van der Waals surface area contributed by atoms with Gasteiger partial charge in [0.15, 0.2) is 0 Å². The molecule has 0 saturated carbocycles. The molecule has 0 fully saturated rings. The van der Waals surface area contributed by atoms with Gasteiger partial charge in [-0.3, -0.25) is 0 Å². The zero-order valence-electron chi connectivity index (χ0n) is 11.5. The first-order valence-electron chi connectivity index (χ1n) is 6.47. The molecule has 0 aliphatic heterocycles. The van der Waals surface area contributed by atoms with Crippen LogP contribution in [0.25, 0.3) is 0 Å². The number of hydrogen-bond donors (Lipinski definition) is 1. The highest BCUT2D eigenvalue weighted by molar-refractivity contribution is 9.10. The standard InChI is InChI=1S/C14H23BrN2O/c1-4-16-11-12-6-7-13(10-14(12)15)17(3)8-9-18-5-2/h6-7,10,16H,4-5,8-9,11H2,1-3H3. The van der Waals surface area contributed by atoms with Gasteiger partial charge in [0, 0.05) is 36.9 Å². The third kappa shape index (κ3) is 4.96. The summed E-state index contributed by atoms with van der Waals surface area (Å²) in [5.74, 6) is 0. The summed E-state index contributed by atoms with van der Waals surface area (Å²) < 4.78 is 6.53. The van der Waals surface area contributed by atoms with E-state index in [1.807, 2.05) is 6.92 Å². The summed E-state index contributed by atoms with van der Waals surface area (Å²) in [6, 6.07) is 6.49. The van der Waals surface area contributed by atoms with Crippen molar-refractivity contribution in [1.29, 1.82) is 0 Å². The van der Waals surface area contributed by atoms with Gasteiger partial charge in [0.25, 0.3) is 0 Å². The molecule has 0 aliphatic carbocycles. The van der Waals surface area contributed by atoms with E-state index in [4.69, 9.17) is 4.74 Å². The van der Waals surface area contributed by atoms with Gasteiger partial charge < -0.3 is 15.0 Å². The number of ether oxygens (including phenoxy) is 1. The highest BCUT2D eigenvalue weighted by Gasteiger charge is 2.04. The van der Waals surface area contributed by atoms with Crippen LogP contribution in [0.4, 0.5) is 5.69 Å². The molecule has 1 aromatic rings. The molecule has 1 aromatic carbocycles. The van der Waals surface area contributed by atoms with Crippen molar-refractivity contribution in [2.75, 3.05) is 38.3 Å². The number of anilines is 1. The fourth-order valence-electron chi connectivity index (χ4n) is 1.65. The maximum Gasteiger partial charge on any atom is 0.0641 e. The predicted molar refractivity (Wildman–Crippen MR) is 81.3 cm³/mol. The van der Waals surface area contributed by atoms with E-state index < -0.39 is 0 Å². The van der Waals surface area contributed by atoms with Crippen molar-refractivity contribution < 1.29 is 4.74 Å². The number of halogens is 1. The Hall–Kier alpha value is -0.580. The monoisotopic (exact) mass is 314 g/mol. The smallest absolute Gasteiger partial charge is 0.0641 e. The molecule has 0 spiro atoms. The second-order valence-corrected chi connectivity index (χ2v) is 5.03. The molecule has 0 aromatic heterocycles. The molecule has 0 aliphatic rings. The lowest BCUT2D eigenvalue weighted by molar-refractivity contribution is 0.154. The first-order valence-corrected chi connectivity index (χ1v) is 7.26. The van der Waals surface area contributed by atoms with Gasteiger partial charge in [-0.15, -0.1) is 0 Å². The van der Waals surface area contributed by atoms with Gasteiger partial charge in [-0.25, -0.2) is 0 Å². The average molecular weight is 315 g/mol. The third-order valence-electron chi connectivity index (χ3n) is 2.82. The molecule has 1 rings (SSSR count). The molecule has 0 heterocycles. The van der Waals surface area contributed by atoms with Gasteiger partial charge in [-0.2, -0.15) is 0 Å². The van der Waals surface area contributed by atoms with Gasteiger partial charge in [0.05, 0.1) is 6.61 Å². The molecule has 0 atom stereocenters. The van der Waals surface area contributed by atoms with Crippen LogP contribution in [0.5, 0.6) is 0 Å². The number of hydrogen-bond acceptors (Lipinski definition) is 3. The third-order valence-corrected chi connectivity index (χ3v) is 3.56. The Bertz CT molecular complexity index is 358. The lowest BCUT2D eigenvalue weighted by Gasteiger charge is -2.20. The van der Waals surface area contributed by atoms with E-state index in [-0.39, 0.29) is 0 Å². The number of nitrogens with one attached hydrogen (secondary N) is 1. The summed E-state index contributed by atoms with van der Waals surface area (Å²) >= 11 is 3.63. The van der Waals surface area contributed by atoms with E-state index in [1.165, 1.54) is 11.3 Å². The molecule has 18 heavy (non-hydrogen) atoms. The van der Waals surface area contributed by atoms with E-state index in [1.54, 1.807) is 0 Å². The fourth-order valence-corrected chi connectivity index (χ4v) is 2.16. The molecule has 1 N–H and O–H groups in total. The fraction of sp³-hybridized carbons (Fsp3) is 0.571. The van der Waals surface area contributed by atoms with Crippen LogP contribution in [0.2, 0.25) is 0 Å². The Morgan fingerprint density at radius 2 is 2.11 bits per heavy atom. The first kappa shape index (κ1) is 15.5. The van der Waals surface area contributed by atoms with E-state index in [0.717, 1.165) is 37.3 Å². The molecule has 3 nitrogen and oxygen atoms in total. The van der Waals surface area contributed by atoms with Crippen molar-refractivity contribution in [2.24, 2.45) is 0 Å². The van der Waals surface area contributed by atoms with Crippen LogP contribution in [0.1, 0.15) is 19.4 Å². The van der Waals surface area contributed by atoms with Gasteiger partial charge in [0.2, 0.25) is 0 Å². The van der Waals surface area contributed by atoms with Crippen LogP contribution in [-0.4, -0.2) is 33.4 Å². The molecule has 0 saturated heterocycles. The van der Waals surface area contributed by atoms with E-state index in [0.29, 0.717) is 0 Å². The van der Waals surface area contributed by atoms with Crippen molar-refractivity contribution in [3.05, 3.63) is 28.2 Å². The topological polar surface area (TPSA) is 24.5 Å². The number of benzene rings is 1. The zero-order chi connectivity index (χ0) is 13.4. The summed E-state index contributed by atoms with van der Waals surface area (Å²) in [4.78, 5) is 2.21. The molecule has 0 unspecified atom stereocenters. The Morgan fingerprint density at radius 3 is 2.72 bits per heavy atom. The summed E-state index contributed by atoms with van der Waals surface area (Å²) in [6.45, 7) is 8.48. The Labute approximate surface area is 119 Å². The van der Waals surface area contributed by atoms with Gasteiger partial charge in [0.1, 0.15) is 0 Å². The molecule has 4 heteroatoms. The normalized spacial score (nSPS) is 10.7. The summed E-state index contributed by atoms with van der Waals surface area (Å²) in [6.07, 6.45) is 0. The van der Waals surface area contributed by atoms with Gasteiger partial charge >= 0.3 is 0 Å². The summed E-state index contributed by atoms with van der Waals surface area (Å²) in [7, 11) is 2.09. The van der Waals surface area contributed by atoms with Crippen molar-refractivity contribution in [2.45, 2.75) is 20.4 Å². The Morgan fingerprint density at radius 1 is 1.33 bits per heavy atom. The Kier molecular flexibility index (Phi) is 7.32. The van der Waals surface area contributed by atoms with Crippen LogP contribution in [0, 0.1) is 0 Å². The minimum absolute atomic E-state index is 0.768. The lowest BCUT2D eigenvalue weighted by Crippen LogP contribution is -2.22. The van der Waals surface area contributed by atoms with Crippen LogP contribution < -0.4 is 10.2 Å². The second-order valence-electron chi connectivity index (χ2n) is 4.17. The quantitative estimate of drug-likeness (QED) is 0.746. The predicted octanol–water partition coefficient (Wildman–Crippen LogP) is 3.03. The largest absolute Gasteiger partial charge is 0.380 e. The molecule has 0 bridgehead atoms. The number of rotatable bonds is 8. The zero-order valence-corrected chi connectivity index (χ0v) is 13.1. The Balaban J connectivity index is 2.59. The summed E-state index contributed by atoms with van der Waals surface area (Å²) in [5.41, 5.74) is 2.50. The van der Waals surface area contributed by atoms with Crippen molar-refractivity contribution in [3.63, 3.8) is 0 Å². The molecule has 0 radical (unpaired) electrons. The van der Waals surface area contributed by atoms with E-state index >= 15 is 0 Å². The summed E-state index contributed by atoms with van der Waals surface area (Å²) in [5, 5.41) is 3.33. The maximum absolute atomic E-state index is 5.37. The van der Waals surface area contributed by atoms with Crippen LogP contribution in [0.15, 0.2) is 22.7 Å². The van der Waals surface area contributed by atoms with Gasteiger partial charge in [-0.1, -0.05) is 28.9 Å². The highest BCUT2D eigenvalue weighted by atomic mass is 79.9. The molecular formula is C14H23BrN2O. The number of nitrogens with zero attached hydrogens (tertiary/aromatic N) is 1. The minimum atomic E-state index is 0.768. The van der Waals surface area contributed by atoms with Crippen molar-refractivity contribution in [3.8, 4) is 0 Å². The molecular weight excluding hydrogens is 292 g/mol. The maximum atomic E-state index is 5.37. The van der Waals surface area contributed by atoms with Gasteiger partial charge in [-0.05, 0) is 31.2 Å². The second kappa shape index (κ2) is 8.51. The van der Waals surface area contributed by atoms with Crippen LogP contribution in [0.3, 0.4) is 0 Å². The van der Waals surface area contributed by atoms with Crippen LogP contribution in [-0.2, 0) is 11.3 Å². The van der Waals surface area contributed by atoms with Crippen LogP contribution >= 0.6 is 15.9 Å². The minimum Gasteiger partial charge on any atom is -0.380 e. The molecule has 102 valence electrons.